The molecule has 3 aromatic carbocycles. The largest absolute Gasteiger partial charge is 0.369 e. The molecule has 0 radical (unpaired) electrons. The summed E-state index contributed by atoms with van der Waals surface area (Å²) in [5.74, 6) is 0.244. The van der Waals surface area contributed by atoms with E-state index in [-0.39, 0.29) is 11.8 Å². The highest BCUT2D eigenvalue weighted by atomic mass is 16.1. The van der Waals surface area contributed by atoms with Crippen LogP contribution in [0.5, 0.6) is 0 Å². The second kappa shape index (κ2) is 7.25. The van der Waals surface area contributed by atoms with Crippen LogP contribution >= 0.6 is 0 Å². The van der Waals surface area contributed by atoms with Gasteiger partial charge in [0.25, 0.3) is 0 Å². The molecule has 28 heavy (non-hydrogen) atoms. The smallest absolute Gasteiger partial charge is 0.184 e. The third kappa shape index (κ3) is 3.02. The lowest BCUT2D eigenvalue weighted by molar-refractivity contribution is 0.0807. The minimum absolute atomic E-state index is 0.183. The average Bonchev–Trinajstić information content (AvgIpc) is 2.88. The Balaban J connectivity index is 1.46. The number of piperazine rings is 1. The first kappa shape index (κ1) is 17.2. The van der Waals surface area contributed by atoms with Gasteiger partial charge in [-0.05, 0) is 35.2 Å². The van der Waals surface area contributed by atoms with Gasteiger partial charge in [0.05, 0.1) is 6.04 Å². The van der Waals surface area contributed by atoms with Gasteiger partial charge in [0.15, 0.2) is 5.78 Å². The third-order valence-electron chi connectivity index (χ3n) is 6.06. The highest BCUT2D eigenvalue weighted by Crippen LogP contribution is 2.35. The first-order valence-electron chi connectivity index (χ1n) is 10.1. The summed E-state index contributed by atoms with van der Waals surface area (Å²) in [6.07, 6.45) is 0.832. The number of carbonyl (C=O) groups excluding carboxylic acids is 1. The predicted molar refractivity (Wildman–Crippen MR) is 113 cm³/mol. The summed E-state index contributed by atoms with van der Waals surface area (Å²) in [5, 5.41) is 0. The van der Waals surface area contributed by atoms with Crippen molar-refractivity contribution in [2.45, 2.75) is 12.5 Å². The minimum atomic E-state index is -0.183. The number of hydrogen-bond donors (Lipinski definition) is 0. The van der Waals surface area contributed by atoms with E-state index in [2.05, 4.69) is 70.5 Å². The molecule has 3 aromatic rings. The highest BCUT2D eigenvalue weighted by Gasteiger charge is 2.35. The Bertz CT molecular complexity index is 990. The van der Waals surface area contributed by atoms with Crippen molar-refractivity contribution in [3.8, 4) is 0 Å². The van der Waals surface area contributed by atoms with Crippen molar-refractivity contribution in [3.05, 3.63) is 101 Å². The van der Waals surface area contributed by atoms with Gasteiger partial charge in [0.1, 0.15) is 0 Å². The summed E-state index contributed by atoms with van der Waals surface area (Å²) < 4.78 is 0. The molecule has 0 N–H and O–H groups in total. The van der Waals surface area contributed by atoms with E-state index in [1.807, 2.05) is 18.2 Å². The molecule has 1 atom stereocenters. The molecule has 0 amide bonds. The lowest BCUT2D eigenvalue weighted by Gasteiger charge is -2.40. The van der Waals surface area contributed by atoms with Gasteiger partial charge in [0, 0.05) is 37.4 Å². The van der Waals surface area contributed by atoms with Crippen LogP contribution in [0.25, 0.3) is 0 Å². The van der Waals surface area contributed by atoms with Gasteiger partial charge in [-0.25, -0.2) is 0 Å². The summed E-state index contributed by atoms with van der Waals surface area (Å²) in [4.78, 5) is 18.4. The topological polar surface area (TPSA) is 23.6 Å². The van der Waals surface area contributed by atoms with Crippen LogP contribution in [-0.2, 0) is 6.42 Å². The molecule has 140 valence electrons. The molecule has 1 aliphatic heterocycles. The molecule has 0 bridgehead atoms. The molecule has 1 heterocycles. The van der Waals surface area contributed by atoms with Crippen LogP contribution in [-0.4, -0.2) is 36.9 Å². The summed E-state index contributed by atoms with van der Waals surface area (Å²) >= 11 is 0. The Morgan fingerprint density at radius 3 is 2.11 bits per heavy atom. The fourth-order valence-corrected chi connectivity index (χ4v) is 4.61. The molecule has 5 rings (SSSR count). The second-order valence-electron chi connectivity index (χ2n) is 7.66. The van der Waals surface area contributed by atoms with Crippen LogP contribution in [0.4, 0.5) is 5.69 Å². The summed E-state index contributed by atoms with van der Waals surface area (Å²) in [5.41, 5.74) is 5.74. The van der Waals surface area contributed by atoms with Gasteiger partial charge in [0.2, 0.25) is 0 Å². The van der Waals surface area contributed by atoms with E-state index < -0.39 is 0 Å². The first-order chi connectivity index (χ1) is 13.8. The first-order valence-corrected chi connectivity index (χ1v) is 10.1. The molecule has 3 nitrogen and oxygen atoms in total. The van der Waals surface area contributed by atoms with E-state index in [1.54, 1.807) is 0 Å². The van der Waals surface area contributed by atoms with Crippen molar-refractivity contribution in [2.75, 3.05) is 31.1 Å². The van der Waals surface area contributed by atoms with Crippen molar-refractivity contribution >= 4 is 11.5 Å². The zero-order valence-corrected chi connectivity index (χ0v) is 15.9. The standard InChI is InChI=1S/C25H24N2O/c28-25-23-13-7-5-9-20(23)18-19-8-4-6-12-22(19)24(25)27-16-14-26(15-17-27)21-10-2-1-3-11-21/h1-13,24H,14-18H2. The number of para-hydroxylation sites is 1. The van der Waals surface area contributed by atoms with Crippen LogP contribution in [0.3, 0.4) is 0 Å². The number of rotatable bonds is 2. The zero-order chi connectivity index (χ0) is 18.9. The molecular weight excluding hydrogens is 344 g/mol. The maximum atomic E-state index is 13.6. The molecule has 0 saturated carbocycles. The van der Waals surface area contributed by atoms with Crippen molar-refractivity contribution in [2.24, 2.45) is 0 Å². The van der Waals surface area contributed by atoms with E-state index in [4.69, 9.17) is 0 Å². The predicted octanol–water partition coefficient (Wildman–Crippen LogP) is 4.34. The molecule has 1 saturated heterocycles. The van der Waals surface area contributed by atoms with Crippen molar-refractivity contribution < 1.29 is 4.79 Å². The monoisotopic (exact) mass is 368 g/mol. The number of anilines is 1. The van der Waals surface area contributed by atoms with Crippen LogP contribution < -0.4 is 4.90 Å². The van der Waals surface area contributed by atoms with E-state index in [1.165, 1.54) is 16.8 Å². The molecule has 1 aliphatic carbocycles. The van der Waals surface area contributed by atoms with Crippen molar-refractivity contribution in [1.29, 1.82) is 0 Å². The number of nitrogens with zero attached hydrogens (tertiary/aromatic N) is 2. The third-order valence-corrected chi connectivity index (χ3v) is 6.06. The number of fused-ring (bicyclic) bond motifs is 2. The van der Waals surface area contributed by atoms with E-state index in [0.717, 1.165) is 43.7 Å². The fraction of sp³-hybridized carbons (Fsp3) is 0.240. The van der Waals surface area contributed by atoms with Crippen molar-refractivity contribution in [1.82, 2.24) is 4.90 Å². The Morgan fingerprint density at radius 2 is 1.32 bits per heavy atom. The highest BCUT2D eigenvalue weighted by molar-refractivity contribution is 6.03. The molecular formula is C25H24N2O. The van der Waals surface area contributed by atoms with Gasteiger partial charge >= 0.3 is 0 Å². The summed E-state index contributed by atoms with van der Waals surface area (Å²) in [7, 11) is 0. The maximum absolute atomic E-state index is 13.6. The Morgan fingerprint density at radius 1 is 0.679 bits per heavy atom. The van der Waals surface area contributed by atoms with Crippen molar-refractivity contribution in [3.63, 3.8) is 0 Å². The quantitative estimate of drug-likeness (QED) is 0.672. The van der Waals surface area contributed by atoms with Crippen LogP contribution in [0.15, 0.2) is 78.9 Å². The van der Waals surface area contributed by atoms with Crippen LogP contribution in [0.1, 0.15) is 33.1 Å². The number of hydrogen-bond acceptors (Lipinski definition) is 3. The minimum Gasteiger partial charge on any atom is -0.369 e. The van der Waals surface area contributed by atoms with Gasteiger partial charge < -0.3 is 4.90 Å². The lowest BCUT2D eigenvalue weighted by atomic mass is 9.95. The molecule has 3 heteroatoms. The average molecular weight is 368 g/mol. The second-order valence-corrected chi connectivity index (χ2v) is 7.66. The van der Waals surface area contributed by atoms with E-state index in [9.17, 15) is 4.79 Å². The summed E-state index contributed by atoms with van der Waals surface area (Å²) in [6.45, 7) is 3.67. The van der Waals surface area contributed by atoms with Gasteiger partial charge in [-0.3, -0.25) is 9.69 Å². The normalized spacial score (nSPS) is 19.6. The zero-order valence-electron chi connectivity index (χ0n) is 15.9. The van der Waals surface area contributed by atoms with Gasteiger partial charge in [-0.15, -0.1) is 0 Å². The molecule has 0 aromatic heterocycles. The van der Waals surface area contributed by atoms with Crippen LogP contribution in [0.2, 0.25) is 0 Å². The SMILES string of the molecule is O=C1c2ccccc2Cc2ccccc2C1N1CCN(c2ccccc2)CC1. The maximum Gasteiger partial charge on any atom is 0.184 e. The fourth-order valence-electron chi connectivity index (χ4n) is 4.61. The number of Topliss-reactive ketones (excluding diaryl/α,β-unsaturated/α-hetero) is 1. The summed E-state index contributed by atoms with van der Waals surface area (Å²) in [6, 6.07) is 27.0. The van der Waals surface area contributed by atoms with E-state index in [0.29, 0.717) is 0 Å². The van der Waals surface area contributed by atoms with Gasteiger partial charge in [-0.1, -0.05) is 66.7 Å². The Kier molecular flexibility index (Phi) is 4.46. The Labute approximate surface area is 166 Å². The van der Waals surface area contributed by atoms with Crippen LogP contribution in [0, 0.1) is 0 Å². The van der Waals surface area contributed by atoms with Gasteiger partial charge in [-0.2, -0.15) is 0 Å². The molecule has 1 unspecified atom stereocenters. The lowest BCUT2D eigenvalue weighted by Crippen LogP contribution is -2.49. The number of carbonyl (C=O) groups is 1. The van der Waals surface area contributed by atoms with E-state index >= 15 is 0 Å². The Hall–Kier alpha value is -2.91. The molecule has 1 fully saturated rings. The number of benzene rings is 3. The molecule has 2 aliphatic rings. The number of ketones is 1. The molecule has 0 spiro atoms.